The van der Waals surface area contributed by atoms with Crippen molar-refractivity contribution >= 4 is 18.2 Å². The van der Waals surface area contributed by atoms with Crippen molar-refractivity contribution in [3.05, 3.63) is 0 Å². The summed E-state index contributed by atoms with van der Waals surface area (Å²) >= 11 is 0. The molecule has 65 heavy (non-hydrogen) atoms. The van der Waals surface area contributed by atoms with Crippen molar-refractivity contribution < 1.29 is 33.4 Å². The molecule has 1 rings (SSSR count). The topological polar surface area (TPSA) is 103 Å². The number of hydroxylamine groups is 1. The SMILES string of the molecule is CC.CC(C)C.CCCC=O.CCCCCCCCCCCONCCCCCN1CC(OC)CC1C(=O)OCCCCCCC(=O)OC(CCCCCCCC)CCCCCCCC. The third-order valence-electron chi connectivity index (χ3n) is 11.6. The van der Waals surface area contributed by atoms with E-state index in [0.29, 0.717) is 25.9 Å². The molecular weight excluding hydrogens is 813 g/mol. The molecular formula is C56H114N2O7. The third kappa shape index (κ3) is 51.7. The van der Waals surface area contributed by atoms with Crippen LogP contribution in [-0.4, -0.2) is 81.3 Å². The van der Waals surface area contributed by atoms with Gasteiger partial charge in [-0.05, 0) is 76.7 Å². The largest absolute Gasteiger partial charge is 0.465 e. The number of aldehydes is 1. The van der Waals surface area contributed by atoms with Crippen LogP contribution in [0.3, 0.4) is 0 Å². The Morgan fingerprint density at radius 2 is 1.08 bits per heavy atom. The number of likely N-dealkylation sites (tertiary alicyclic amines) is 1. The third-order valence-corrected chi connectivity index (χ3v) is 11.6. The Bertz CT molecular complexity index is 933. The van der Waals surface area contributed by atoms with Crippen LogP contribution in [0.25, 0.3) is 0 Å². The number of ether oxygens (including phenoxy) is 3. The van der Waals surface area contributed by atoms with Crippen LogP contribution in [0.4, 0.5) is 0 Å². The molecule has 2 atom stereocenters. The monoisotopic (exact) mass is 927 g/mol. The van der Waals surface area contributed by atoms with Crippen molar-refractivity contribution in [3.8, 4) is 0 Å². The van der Waals surface area contributed by atoms with Gasteiger partial charge in [0, 0.05) is 39.5 Å². The van der Waals surface area contributed by atoms with E-state index in [1.165, 1.54) is 116 Å². The van der Waals surface area contributed by atoms with Crippen molar-refractivity contribution in [2.75, 3.05) is 40.0 Å². The molecule has 0 radical (unpaired) electrons. The number of nitrogens with one attached hydrogen (secondary N) is 1. The highest BCUT2D eigenvalue weighted by atomic mass is 16.6. The molecule has 1 heterocycles. The van der Waals surface area contributed by atoms with Gasteiger partial charge in [-0.1, -0.05) is 197 Å². The van der Waals surface area contributed by atoms with Crippen molar-refractivity contribution in [1.82, 2.24) is 10.4 Å². The highest BCUT2D eigenvalue weighted by molar-refractivity contribution is 5.76. The Morgan fingerprint density at radius 3 is 1.55 bits per heavy atom. The molecule has 2 unspecified atom stereocenters. The molecule has 1 aliphatic rings. The summed E-state index contributed by atoms with van der Waals surface area (Å²) in [5, 5.41) is 0. The Labute approximate surface area is 405 Å². The van der Waals surface area contributed by atoms with Crippen molar-refractivity contribution in [2.24, 2.45) is 5.92 Å². The number of methoxy groups -OCH3 is 1. The van der Waals surface area contributed by atoms with Gasteiger partial charge < -0.3 is 23.8 Å². The number of esters is 2. The van der Waals surface area contributed by atoms with E-state index in [0.717, 1.165) is 122 Å². The first kappa shape index (κ1) is 67.7. The number of nitrogens with zero attached hydrogens (tertiary/aromatic N) is 1. The van der Waals surface area contributed by atoms with Gasteiger partial charge in [0.25, 0.3) is 0 Å². The quantitative estimate of drug-likeness (QED) is 0.0277. The first-order valence-corrected chi connectivity index (χ1v) is 28.1. The van der Waals surface area contributed by atoms with Crippen LogP contribution in [0.1, 0.15) is 281 Å². The molecule has 1 saturated heterocycles. The van der Waals surface area contributed by atoms with Gasteiger partial charge in [-0.2, -0.15) is 0 Å². The summed E-state index contributed by atoms with van der Waals surface area (Å²) in [6.07, 6.45) is 39.9. The molecule has 0 bridgehead atoms. The first-order valence-electron chi connectivity index (χ1n) is 28.1. The van der Waals surface area contributed by atoms with Crippen molar-refractivity contribution in [1.29, 1.82) is 0 Å². The number of hydrogen-bond acceptors (Lipinski definition) is 9. The summed E-state index contributed by atoms with van der Waals surface area (Å²) in [5.41, 5.74) is 3.13. The van der Waals surface area contributed by atoms with Gasteiger partial charge in [-0.25, -0.2) is 5.48 Å². The lowest BCUT2D eigenvalue weighted by molar-refractivity contribution is -0.150. The van der Waals surface area contributed by atoms with Gasteiger partial charge in [0.05, 0.1) is 19.3 Å². The van der Waals surface area contributed by atoms with Gasteiger partial charge in [-0.15, -0.1) is 0 Å². The highest BCUT2D eigenvalue weighted by Crippen LogP contribution is 2.23. The second-order valence-corrected chi connectivity index (χ2v) is 19.0. The predicted molar refractivity (Wildman–Crippen MR) is 279 cm³/mol. The van der Waals surface area contributed by atoms with Crippen LogP contribution < -0.4 is 5.48 Å². The lowest BCUT2D eigenvalue weighted by Gasteiger charge is -2.22. The summed E-state index contributed by atoms with van der Waals surface area (Å²) in [5.74, 6) is 0.679. The molecule has 0 aromatic rings. The van der Waals surface area contributed by atoms with Crippen LogP contribution in [-0.2, 0) is 33.4 Å². The van der Waals surface area contributed by atoms with E-state index in [4.69, 9.17) is 19.0 Å². The molecule has 1 aliphatic heterocycles. The number of carbonyl (C=O) groups excluding carboxylic acids is 3. The highest BCUT2D eigenvalue weighted by Gasteiger charge is 2.37. The Hall–Kier alpha value is -1.55. The molecule has 0 aliphatic carbocycles. The van der Waals surface area contributed by atoms with Crippen LogP contribution in [0.15, 0.2) is 0 Å². The maximum Gasteiger partial charge on any atom is 0.323 e. The van der Waals surface area contributed by atoms with E-state index in [1.54, 1.807) is 7.11 Å². The molecule has 390 valence electrons. The van der Waals surface area contributed by atoms with Crippen LogP contribution >= 0.6 is 0 Å². The molecule has 0 aromatic heterocycles. The fourth-order valence-electron chi connectivity index (χ4n) is 7.77. The second kappa shape index (κ2) is 56.8. The molecule has 9 heteroatoms. The molecule has 0 saturated carbocycles. The lowest BCUT2D eigenvalue weighted by atomic mass is 10.0. The normalized spacial score (nSPS) is 14.6. The molecule has 0 spiro atoms. The lowest BCUT2D eigenvalue weighted by Crippen LogP contribution is -2.38. The maximum absolute atomic E-state index is 13.0. The molecule has 0 amide bonds. The fraction of sp³-hybridized carbons (Fsp3) is 0.946. The van der Waals surface area contributed by atoms with Crippen LogP contribution in [0, 0.1) is 5.92 Å². The molecule has 1 fully saturated rings. The summed E-state index contributed by atoms with van der Waals surface area (Å²) in [6, 6.07) is -0.219. The average Bonchev–Trinajstić information content (AvgIpc) is 3.72. The Morgan fingerprint density at radius 1 is 0.615 bits per heavy atom. The zero-order valence-electron chi connectivity index (χ0n) is 45.3. The molecule has 9 nitrogen and oxygen atoms in total. The van der Waals surface area contributed by atoms with Gasteiger partial charge in [0.15, 0.2) is 0 Å². The van der Waals surface area contributed by atoms with E-state index in [9.17, 15) is 14.4 Å². The molecule has 1 N–H and O–H groups in total. The van der Waals surface area contributed by atoms with Crippen molar-refractivity contribution in [2.45, 2.75) is 299 Å². The second-order valence-electron chi connectivity index (χ2n) is 19.0. The Balaban J connectivity index is -0.00000313. The standard InChI is InChI=1S/C46H90N2O6.C4H8O.C4H10.C2H6/c1-5-8-11-14-17-18-19-23-32-39-53-47-36-29-25-30-37-48-41-43(51-4)40-44(48)46(50)52-38-31-24-22-28-35-45(49)54-42(33-26-20-15-12-9-6-2)34-27-21-16-13-10-7-3;1-2-3-4-5;1-4(2)3;1-2/h42-44,47H,5-41H2,1-4H3;4H,2-3H2,1H3;4H,1-3H3;1-2H3. The number of hydrogen-bond donors (Lipinski definition) is 1. The average molecular weight is 928 g/mol. The zero-order chi connectivity index (χ0) is 48.9. The van der Waals surface area contributed by atoms with Crippen LogP contribution in [0.2, 0.25) is 0 Å². The van der Waals surface area contributed by atoms with Gasteiger partial charge in [-0.3, -0.25) is 14.5 Å². The predicted octanol–water partition coefficient (Wildman–Crippen LogP) is 15.9. The van der Waals surface area contributed by atoms with E-state index in [1.807, 2.05) is 20.8 Å². The van der Waals surface area contributed by atoms with E-state index in [2.05, 4.69) is 51.9 Å². The van der Waals surface area contributed by atoms with Crippen LogP contribution in [0.5, 0.6) is 0 Å². The van der Waals surface area contributed by atoms with Gasteiger partial charge in [0.1, 0.15) is 18.4 Å². The maximum atomic E-state index is 13.0. The summed E-state index contributed by atoms with van der Waals surface area (Å²) in [6.45, 7) is 23.0. The number of unbranched alkanes of at least 4 members (excludes halogenated alkanes) is 24. The summed E-state index contributed by atoms with van der Waals surface area (Å²) in [4.78, 5) is 43.1. The number of carbonyl (C=O) groups is 3. The fourth-order valence-corrected chi connectivity index (χ4v) is 7.77. The van der Waals surface area contributed by atoms with Gasteiger partial charge >= 0.3 is 11.9 Å². The zero-order valence-corrected chi connectivity index (χ0v) is 45.3. The van der Waals surface area contributed by atoms with E-state index in [-0.39, 0.29) is 30.2 Å². The minimum absolute atomic E-state index is 0.0358. The van der Waals surface area contributed by atoms with Gasteiger partial charge in [0.2, 0.25) is 0 Å². The van der Waals surface area contributed by atoms with Crippen molar-refractivity contribution in [3.63, 3.8) is 0 Å². The molecule has 0 aromatic carbocycles. The van der Waals surface area contributed by atoms with E-state index < -0.39 is 0 Å². The number of rotatable bonds is 43. The summed E-state index contributed by atoms with van der Waals surface area (Å²) < 4.78 is 17.4. The summed E-state index contributed by atoms with van der Waals surface area (Å²) in [7, 11) is 1.73. The minimum atomic E-state index is -0.219. The smallest absolute Gasteiger partial charge is 0.323 e. The van der Waals surface area contributed by atoms with E-state index >= 15 is 0 Å². The first-order chi connectivity index (χ1) is 31.7. The minimum Gasteiger partial charge on any atom is -0.465 e. The Kier molecular flexibility index (Phi) is 59.1.